The highest BCUT2D eigenvalue weighted by atomic mass is 35.5. The first-order valence-corrected chi connectivity index (χ1v) is 12.1. The number of likely N-dealkylation sites (tertiary alicyclic amines) is 1. The predicted molar refractivity (Wildman–Crippen MR) is 125 cm³/mol. The monoisotopic (exact) mass is 477 g/mol. The Morgan fingerprint density at radius 1 is 1.19 bits per heavy atom. The minimum atomic E-state index is -0.722. The lowest BCUT2D eigenvalue weighted by Gasteiger charge is -2.23. The molecule has 4 rings (SSSR count). The van der Waals surface area contributed by atoms with Crippen LogP contribution in [0.15, 0.2) is 28.6 Å². The highest BCUT2D eigenvalue weighted by Gasteiger charge is 2.42. The number of halogens is 1. The molecule has 0 radical (unpaired) electrons. The molecule has 0 spiro atoms. The number of rotatable bonds is 4. The molecular formula is C23H28ClN3O4S. The van der Waals surface area contributed by atoms with E-state index in [0.717, 1.165) is 25.9 Å². The van der Waals surface area contributed by atoms with Crippen molar-refractivity contribution >= 4 is 41.1 Å². The normalized spacial score (nSPS) is 25.7. The van der Waals surface area contributed by atoms with Crippen molar-refractivity contribution in [2.45, 2.75) is 43.0 Å². The molecule has 172 valence electrons. The molecule has 9 heteroatoms. The van der Waals surface area contributed by atoms with Crippen molar-refractivity contribution in [2.75, 3.05) is 33.8 Å². The fourth-order valence-corrected chi connectivity index (χ4v) is 5.79. The van der Waals surface area contributed by atoms with Gasteiger partial charge >= 0.3 is 5.97 Å². The van der Waals surface area contributed by atoms with Gasteiger partial charge in [-0.25, -0.2) is 4.79 Å². The Kier molecular flexibility index (Phi) is 7.12. The van der Waals surface area contributed by atoms with Crippen LogP contribution in [-0.2, 0) is 27.2 Å². The van der Waals surface area contributed by atoms with Crippen molar-refractivity contribution in [2.24, 2.45) is 0 Å². The van der Waals surface area contributed by atoms with Gasteiger partial charge in [0, 0.05) is 37.7 Å². The minimum absolute atomic E-state index is 0.126. The molecular weight excluding hydrogens is 450 g/mol. The van der Waals surface area contributed by atoms with E-state index < -0.39 is 12.0 Å². The maximum absolute atomic E-state index is 13.4. The van der Waals surface area contributed by atoms with Crippen LogP contribution in [0.5, 0.6) is 0 Å². The summed E-state index contributed by atoms with van der Waals surface area (Å²) < 4.78 is 5.58. The number of nitrogens with zero attached hydrogens (tertiary/aromatic N) is 2. The smallest absolute Gasteiger partial charge is 0.328 e. The van der Waals surface area contributed by atoms with Gasteiger partial charge in [0.2, 0.25) is 5.91 Å². The average molecular weight is 478 g/mol. The van der Waals surface area contributed by atoms with Crippen molar-refractivity contribution in [3.63, 3.8) is 0 Å². The summed E-state index contributed by atoms with van der Waals surface area (Å²) in [6, 6.07) is 4.79. The summed E-state index contributed by atoms with van der Waals surface area (Å²) in [5, 5.41) is 2.72. The van der Waals surface area contributed by atoms with Crippen molar-refractivity contribution in [1.82, 2.24) is 15.1 Å². The molecule has 1 N–H and O–H groups in total. The summed E-state index contributed by atoms with van der Waals surface area (Å²) in [5.41, 5.74) is 3.02. The SMILES string of the molecule is COC(=O)[C@@H]1C[C@@H](NC(=O)[C@@H]2CC=C(Cl)S2)CN1C(=O)c1ccc2c(c1)CCN(C)CC2. The van der Waals surface area contributed by atoms with E-state index in [2.05, 4.69) is 17.3 Å². The largest absolute Gasteiger partial charge is 0.467 e. The number of benzene rings is 1. The van der Waals surface area contributed by atoms with Gasteiger partial charge in [-0.2, -0.15) is 0 Å². The third-order valence-electron chi connectivity index (χ3n) is 6.40. The van der Waals surface area contributed by atoms with Crippen LogP contribution in [0, 0.1) is 0 Å². The molecule has 3 atom stereocenters. The van der Waals surface area contributed by atoms with Gasteiger partial charge in [-0.1, -0.05) is 23.7 Å². The van der Waals surface area contributed by atoms with E-state index in [1.165, 1.54) is 34.9 Å². The molecule has 1 saturated heterocycles. The average Bonchev–Trinajstić information content (AvgIpc) is 3.36. The van der Waals surface area contributed by atoms with Gasteiger partial charge in [0.15, 0.2) is 0 Å². The second kappa shape index (κ2) is 9.85. The number of thioether (sulfide) groups is 1. The first kappa shape index (κ1) is 23.1. The number of nitrogens with one attached hydrogen (secondary N) is 1. The number of ether oxygens (including phenoxy) is 1. The van der Waals surface area contributed by atoms with Gasteiger partial charge in [-0.15, -0.1) is 11.8 Å². The summed E-state index contributed by atoms with van der Waals surface area (Å²) in [6.07, 6.45) is 4.59. The number of amides is 2. The Hall–Kier alpha value is -2.03. The van der Waals surface area contributed by atoms with Gasteiger partial charge < -0.3 is 19.9 Å². The van der Waals surface area contributed by atoms with Gasteiger partial charge in [0.25, 0.3) is 5.91 Å². The van der Waals surface area contributed by atoms with Crippen molar-refractivity contribution in [3.05, 3.63) is 45.3 Å². The van der Waals surface area contributed by atoms with Gasteiger partial charge in [-0.3, -0.25) is 9.59 Å². The molecule has 3 aliphatic rings. The molecule has 0 unspecified atom stereocenters. The summed E-state index contributed by atoms with van der Waals surface area (Å²) in [4.78, 5) is 42.3. The zero-order valence-corrected chi connectivity index (χ0v) is 19.9. The van der Waals surface area contributed by atoms with Crippen molar-refractivity contribution < 1.29 is 19.1 Å². The highest BCUT2D eigenvalue weighted by Crippen LogP contribution is 2.35. The number of carbonyl (C=O) groups is 3. The fourth-order valence-electron chi connectivity index (χ4n) is 4.55. The van der Waals surface area contributed by atoms with Crippen LogP contribution in [0.3, 0.4) is 0 Å². The lowest BCUT2D eigenvalue weighted by Crippen LogP contribution is -2.43. The van der Waals surface area contributed by atoms with Crippen LogP contribution in [0.1, 0.15) is 34.3 Å². The zero-order chi connectivity index (χ0) is 22.8. The van der Waals surface area contributed by atoms with E-state index >= 15 is 0 Å². The molecule has 0 aliphatic carbocycles. The second-order valence-corrected chi connectivity index (χ2v) is 10.5. The molecule has 3 heterocycles. The summed E-state index contributed by atoms with van der Waals surface area (Å²) in [5.74, 6) is -0.803. The van der Waals surface area contributed by atoms with E-state index in [4.69, 9.17) is 16.3 Å². The first-order valence-electron chi connectivity index (χ1n) is 10.9. The van der Waals surface area contributed by atoms with E-state index in [1.807, 2.05) is 24.3 Å². The topological polar surface area (TPSA) is 79.0 Å². The molecule has 0 bridgehead atoms. The van der Waals surface area contributed by atoms with Crippen LogP contribution in [0.4, 0.5) is 0 Å². The standard InChI is InChI=1S/C23H28ClN3O4S/c1-26-9-7-14-3-4-16(11-15(14)8-10-26)22(29)27-13-17(12-18(27)23(30)31-2)25-21(28)19-5-6-20(24)32-19/h3-4,6,11,17-19H,5,7-10,12-13H2,1-2H3,(H,25,28)/t17-,18+,19+/m1/s1. The van der Waals surface area contributed by atoms with Crippen LogP contribution >= 0.6 is 23.4 Å². The Balaban J connectivity index is 1.48. The summed E-state index contributed by atoms with van der Waals surface area (Å²) in [7, 11) is 3.42. The first-order chi connectivity index (χ1) is 15.4. The lowest BCUT2D eigenvalue weighted by atomic mass is 9.99. The maximum Gasteiger partial charge on any atom is 0.328 e. The second-order valence-electron chi connectivity index (χ2n) is 8.57. The molecule has 0 saturated carbocycles. The van der Waals surface area contributed by atoms with Crippen LogP contribution in [-0.4, -0.2) is 78.7 Å². The summed E-state index contributed by atoms with van der Waals surface area (Å²) in [6.45, 7) is 2.21. The van der Waals surface area contributed by atoms with Crippen molar-refractivity contribution in [1.29, 1.82) is 0 Å². The number of carbonyl (C=O) groups excluding carboxylic acids is 3. The molecule has 3 aliphatic heterocycles. The molecule has 0 aromatic heterocycles. The van der Waals surface area contributed by atoms with Crippen LogP contribution < -0.4 is 5.32 Å². The zero-order valence-electron chi connectivity index (χ0n) is 18.3. The number of hydrogen-bond donors (Lipinski definition) is 1. The third-order valence-corrected chi connectivity index (χ3v) is 7.90. The highest BCUT2D eigenvalue weighted by molar-refractivity contribution is 8.06. The number of allylic oxidation sites excluding steroid dienone is 1. The van der Waals surface area contributed by atoms with E-state index in [9.17, 15) is 14.4 Å². The van der Waals surface area contributed by atoms with Crippen LogP contribution in [0.2, 0.25) is 0 Å². The quantitative estimate of drug-likeness (QED) is 0.670. The Bertz CT molecular complexity index is 953. The Labute approximate surface area is 197 Å². The predicted octanol–water partition coefficient (Wildman–Crippen LogP) is 2.18. The Morgan fingerprint density at radius 2 is 1.94 bits per heavy atom. The van der Waals surface area contributed by atoms with Crippen molar-refractivity contribution in [3.8, 4) is 0 Å². The molecule has 32 heavy (non-hydrogen) atoms. The molecule has 1 aromatic rings. The number of methoxy groups -OCH3 is 1. The lowest BCUT2D eigenvalue weighted by molar-refractivity contribution is -0.145. The van der Waals surface area contributed by atoms with Gasteiger partial charge in [0.1, 0.15) is 6.04 Å². The third kappa shape index (κ3) is 4.97. The maximum atomic E-state index is 13.4. The van der Waals surface area contributed by atoms with Gasteiger partial charge in [0.05, 0.1) is 16.7 Å². The molecule has 7 nitrogen and oxygen atoms in total. The van der Waals surface area contributed by atoms with E-state index in [1.54, 1.807) is 0 Å². The molecule has 1 fully saturated rings. The molecule has 2 amide bonds. The van der Waals surface area contributed by atoms with E-state index in [0.29, 0.717) is 22.8 Å². The fraction of sp³-hybridized carbons (Fsp3) is 0.522. The van der Waals surface area contributed by atoms with Crippen LogP contribution in [0.25, 0.3) is 0 Å². The summed E-state index contributed by atoms with van der Waals surface area (Å²) >= 11 is 7.31. The number of likely N-dealkylation sites (N-methyl/N-ethyl adjacent to an activating group) is 1. The number of hydrogen-bond acceptors (Lipinski definition) is 6. The number of fused-ring (bicyclic) bond motifs is 1. The van der Waals surface area contributed by atoms with Gasteiger partial charge in [-0.05, 0) is 49.6 Å². The number of esters is 1. The molecule has 1 aromatic carbocycles. The van der Waals surface area contributed by atoms with E-state index in [-0.39, 0.29) is 29.7 Å². The Morgan fingerprint density at radius 3 is 2.62 bits per heavy atom. The minimum Gasteiger partial charge on any atom is -0.467 e.